The van der Waals surface area contributed by atoms with Crippen molar-refractivity contribution in [1.29, 1.82) is 0 Å². The van der Waals surface area contributed by atoms with Crippen molar-refractivity contribution in [2.24, 2.45) is 4.99 Å². The second-order valence-electron chi connectivity index (χ2n) is 4.30. The summed E-state index contributed by atoms with van der Waals surface area (Å²) in [5.41, 5.74) is 2.52. The summed E-state index contributed by atoms with van der Waals surface area (Å²) < 4.78 is 0. The molecule has 5 nitrogen and oxygen atoms in total. The van der Waals surface area contributed by atoms with Gasteiger partial charge in [-0.05, 0) is 24.1 Å². The molecule has 1 aromatic rings. The number of benzene rings is 1. The van der Waals surface area contributed by atoms with E-state index in [2.05, 4.69) is 41.4 Å². The molecule has 0 saturated heterocycles. The van der Waals surface area contributed by atoms with Gasteiger partial charge in [-0.25, -0.2) is 14.6 Å². The van der Waals surface area contributed by atoms with E-state index >= 15 is 0 Å². The van der Waals surface area contributed by atoms with Gasteiger partial charge in [0.1, 0.15) is 0 Å². The van der Waals surface area contributed by atoms with E-state index in [9.17, 15) is 9.59 Å². The van der Waals surface area contributed by atoms with Gasteiger partial charge >= 0.3 is 11.9 Å². The predicted octanol–water partition coefficient (Wildman–Crippen LogP) is 1.03. The molecular weight excluding hydrogens is 270 g/mol. The number of carbonyl (C=O) groups is 2. The van der Waals surface area contributed by atoms with Crippen LogP contribution in [0.15, 0.2) is 65.3 Å². The first-order valence-corrected chi connectivity index (χ1v) is 6.26. The van der Waals surface area contributed by atoms with Crippen LogP contribution in [0.4, 0.5) is 0 Å². The molecule has 0 spiro atoms. The van der Waals surface area contributed by atoms with Crippen LogP contribution < -0.4 is 10.6 Å². The van der Waals surface area contributed by atoms with Gasteiger partial charge < -0.3 is 10.2 Å². The Bertz CT molecular complexity index is 769. The van der Waals surface area contributed by atoms with Gasteiger partial charge in [0, 0.05) is 17.4 Å². The lowest BCUT2D eigenvalue weighted by Gasteiger charge is -2.03. The number of aliphatic carboxylic acids is 2. The standard InChI is InChI=1S/C12H9N.C4H4O4/c1-3-7-11-9(5-1)10-6-2-4-8-12(10)13-11;5-3(6)1-2-4(7)8/h1-5,7-8H,6H2;1-2H,(H,5,6)(H,7,8)/b;2-1-. The van der Waals surface area contributed by atoms with Crippen molar-refractivity contribution in [3.05, 3.63) is 70.9 Å². The van der Waals surface area contributed by atoms with Gasteiger partial charge in [-0.3, -0.25) is 0 Å². The second kappa shape index (κ2) is 6.47. The number of rotatable bonds is 2. The summed E-state index contributed by atoms with van der Waals surface area (Å²) in [4.78, 5) is 23.7. The van der Waals surface area contributed by atoms with E-state index in [1.54, 1.807) is 0 Å². The molecule has 1 aliphatic carbocycles. The average molecular weight is 283 g/mol. The van der Waals surface area contributed by atoms with Crippen molar-refractivity contribution in [2.45, 2.75) is 6.42 Å². The Hall–Kier alpha value is -2.95. The van der Waals surface area contributed by atoms with Crippen LogP contribution in [0.25, 0.3) is 5.57 Å². The van der Waals surface area contributed by atoms with Crippen molar-refractivity contribution in [3.8, 4) is 0 Å². The fraction of sp³-hybridized carbons (Fsp3) is 0.0625. The van der Waals surface area contributed by atoms with Gasteiger partial charge in [-0.15, -0.1) is 0 Å². The van der Waals surface area contributed by atoms with Crippen LogP contribution in [0, 0.1) is 0 Å². The first-order chi connectivity index (χ1) is 10.1. The van der Waals surface area contributed by atoms with E-state index in [1.807, 2.05) is 6.07 Å². The third-order valence-corrected chi connectivity index (χ3v) is 2.86. The van der Waals surface area contributed by atoms with Crippen LogP contribution in [0.1, 0.15) is 6.42 Å². The van der Waals surface area contributed by atoms with Gasteiger partial charge in [-0.2, -0.15) is 0 Å². The Labute approximate surface area is 120 Å². The first-order valence-electron chi connectivity index (χ1n) is 6.26. The molecule has 0 unspecified atom stereocenters. The lowest BCUT2D eigenvalue weighted by molar-refractivity contribution is -0.134. The number of carboxylic acids is 2. The topological polar surface area (TPSA) is 87.0 Å². The molecule has 2 N–H and O–H groups in total. The van der Waals surface area contributed by atoms with Gasteiger partial charge in [0.15, 0.2) is 0 Å². The molecule has 21 heavy (non-hydrogen) atoms. The predicted molar refractivity (Wildman–Crippen MR) is 76.9 cm³/mol. The van der Waals surface area contributed by atoms with Crippen LogP contribution >= 0.6 is 0 Å². The van der Waals surface area contributed by atoms with Crippen molar-refractivity contribution < 1.29 is 19.8 Å². The van der Waals surface area contributed by atoms with E-state index < -0.39 is 11.9 Å². The molecule has 0 atom stereocenters. The molecule has 0 amide bonds. The molecule has 0 saturated carbocycles. The summed E-state index contributed by atoms with van der Waals surface area (Å²) in [6, 6.07) is 8.33. The highest BCUT2D eigenvalue weighted by Gasteiger charge is 2.11. The van der Waals surface area contributed by atoms with Crippen LogP contribution in [0.2, 0.25) is 0 Å². The minimum atomic E-state index is -1.26. The molecule has 1 heterocycles. The molecule has 1 aliphatic heterocycles. The summed E-state index contributed by atoms with van der Waals surface area (Å²) in [5.74, 6) is -2.51. The Balaban J connectivity index is 0.000000177. The highest BCUT2D eigenvalue weighted by atomic mass is 16.4. The number of hydrogen-bond acceptors (Lipinski definition) is 3. The quantitative estimate of drug-likeness (QED) is 0.793. The molecule has 0 bridgehead atoms. The highest BCUT2D eigenvalue weighted by Crippen LogP contribution is 2.21. The third kappa shape index (κ3) is 3.76. The number of fused-ring (bicyclic) bond motifs is 2. The van der Waals surface area contributed by atoms with E-state index in [-0.39, 0.29) is 0 Å². The Morgan fingerprint density at radius 3 is 2.43 bits per heavy atom. The first kappa shape index (κ1) is 14.5. The molecule has 3 rings (SSSR count). The zero-order valence-electron chi connectivity index (χ0n) is 11.1. The van der Waals surface area contributed by atoms with Crippen LogP contribution in [-0.2, 0) is 9.59 Å². The van der Waals surface area contributed by atoms with Crippen molar-refractivity contribution in [3.63, 3.8) is 0 Å². The summed E-state index contributed by atoms with van der Waals surface area (Å²) in [7, 11) is 0. The summed E-state index contributed by atoms with van der Waals surface area (Å²) in [6.07, 6.45) is 8.47. The molecule has 0 aromatic heterocycles. The van der Waals surface area contributed by atoms with E-state index in [4.69, 9.17) is 10.2 Å². The van der Waals surface area contributed by atoms with Crippen LogP contribution in [0.3, 0.4) is 0 Å². The molecule has 2 aliphatic rings. The lowest BCUT2D eigenvalue weighted by atomic mass is 10.0. The van der Waals surface area contributed by atoms with Gasteiger partial charge in [0.2, 0.25) is 0 Å². The van der Waals surface area contributed by atoms with E-state index in [1.165, 1.54) is 10.8 Å². The Morgan fingerprint density at radius 2 is 1.76 bits per heavy atom. The minimum Gasteiger partial charge on any atom is -0.478 e. The van der Waals surface area contributed by atoms with Crippen molar-refractivity contribution in [2.75, 3.05) is 0 Å². The monoisotopic (exact) mass is 283 g/mol. The zero-order valence-corrected chi connectivity index (χ0v) is 11.1. The molecule has 0 fully saturated rings. The van der Waals surface area contributed by atoms with Gasteiger partial charge in [-0.1, -0.05) is 30.4 Å². The maximum absolute atomic E-state index is 9.55. The van der Waals surface area contributed by atoms with Gasteiger partial charge in [0.25, 0.3) is 0 Å². The van der Waals surface area contributed by atoms with Gasteiger partial charge in [0.05, 0.1) is 11.1 Å². The molecular formula is C16H13NO4. The van der Waals surface area contributed by atoms with Crippen LogP contribution in [0.5, 0.6) is 0 Å². The molecule has 1 aromatic carbocycles. The van der Waals surface area contributed by atoms with Crippen molar-refractivity contribution >= 4 is 17.5 Å². The molecule has 0 radical (unpaired) electrons. The zero-order chi connectivity index (χ0) is 15.2. The normalized spacial score (nSPS) is 14.5. The largest absolute Gasteiger partial charge is 0.478 e. The average Bonchev–Trinajstić information content (AvgIpc) is 2.84. The maximum Gasteiger partial charge on any atom is 0.328 e. The fourth-order valence-electron chi connectivity index (χ4n) is 2.00. The second-order valence-corrected chi connectivity index (χ2v) is 4.30. The SMILES string of the molecule is C1=CCC2=c3ccccc3=NC2=C1.O=C(O)/C=C\C(=O)O. The minimum absolute atomic E-state index is 0.558. The summed E-state index contributed by atoms with van der Waals surface area (Å²) >= 11 is 0. The number of allylic oxidation sites excluding steroid dienone is 4. The van der Waals surface area contributed by atoms with Crippen molar-refractivity contribution in [1.82, 2.24) is 0 Å². The summed E-state index contributed by atoms with van der Waals surface area (Å²) in [5, 5.41) is 18.0. The fourth-order valence-corrected chi connectivity index (χ4v) is 2.00. The Kier molecular flexibility index (Phi) is 4.46. The number of hydrogen-bond donors (Lipinski definition) is 2. The lowest BCUT2D eigenvalue weighted by Crippen LogP contribution is -2.21. The van der Waals surface area contributed by atoms with E-state index in [0.717, 1.165) is 17.5 Å². The summed E-state index contributed by atoms with van der Waals surface area (Å²) in [6.45, 7) is 0. The molecule has 106 valence electrons. The van der Waals surface area contributed by atoms with E-state index in [0.29, 0.717) is 12.2 Å². The highest BCUT2D eigenvalue weighted by molar-refractivity contribution is 5.89. The maximum atomic E-state index is 9.55. The third-order valence-electron chi connectivity index (χ3n) is 2.86. The van der Waals surface area contributed by atoms with Crippen LogP contribution in [-0.4, -0.2) is 22.2 Å². The smallest absolute Gasteiger partial charge is 0.328 e. The number of para-hydroxylation sites is 1. The number of nitrogens with zero attached hydrogens (tertiary/aromatic N) is 1. The molecule has 5 heteroatoms. The number of carboxylic acid groups (broad SMARTS) is 2. The Morgan fingerprint density at radius 1 is 1.10 bits per heavy atom.